The van der Waals surface area contributed by atoms with Crippen LogP contribution >= 0.6 is 11.6 Å². The van der Waals surface area contributed by atoms with Gasteiger partial charge in [-0.05, 0) is 31.5 Å². The molecule has 0 bridgehead atoms. The van der Waals surface area contributed by atoms with Gasteiger partial charge in [0.15, 0.2) is 5.82 Å². The van der Waals surface area contributed by atoms with Crippen molar-refractivity contribution in [3.63, 3.8) is 0 Å². The average molecular weight is 280 g/mol. The predicted molar refractivity (Wildman–Crippen MR) is 79.4 cm³/mol. The Balaban J connectivity index is 2.47. The fourth-order valence-electron chi connectivity index (χ4n) is 1.88. The van der Waals surface area contributed by atoms with Crippen molar-refractivity contribution in [1.82, 2.24) is 0 Å². The van der Waals surface area contributed by atoms with Crippen LogP contribution in [0.1, 0.15) is 11.1 Å². The van der Waals surface area contributed by atoms with E-state index < -0.39 is 5.82 Å². The molecule has 100 valence electrons. The number of hydrogen-bond donors (Lipinski definition) is 3. The van der Waals surface area contributed by atoms with E-state index in [0.717, 1.165) is 16.8 Å². The van der Waals surface area contributed by atoms with E-state index in [1.165, 1.54) is 6.07 Å². The summed E-state index contributed by atoms with van der Waals surface area (Å²) in [7, 11) is 0. The van der Waals surface area contributed by atoms with Gasteiger partial charge in [-0.3, -0.25) is 0 Å². The maximum atomic E-state index is 14.1. The second kappa shape index (κ2) is 4.97. The van der Waals surface area contributed by atoms with E-state index in [-0.39, 0.29) is 22.1 Å². The molecule has 0 saturated heterocycles. The Kier molecular flexibility index (Phi) is 3.53. The number of nitrogens with two attached hydrogens (primary N) is 2. The lowest BCUT2D eigenvalue weighted by Gasteiger charge is -2.15. The molecule has 0 aliphatic heterocycles. The summed E-state index contributed by atoms with van der Waals surface area (Å²) in [6.45, 7) is 3.92. The summed E-state index contributed by atoms with van der Waals surface area (Å²) in [5, 5.41) is 2.84. The molecule has 0 radical (unpaired) electrons. The summed E-state index contributed by atoms with van der Waals surface area (Å²) in [5.74, 6) is -0.640. The largest absolute Gasteiger partial charge is 0.397 e. The molecule has 19 heavy (non-hydrogen) atoms. The Morgan fingerprint density at radius 3 is 2.42 bits per heavy atom. The topological polar surface area (TPSA) is 64.1 Å². The van der Waals surface area contributed by atoms with Crippen molar-refractivity contribution in [2.45, 2.75) is 13.8 Å². The smallest absolute Gasteiger partial charge is 0.169 e. The maximum absolute atomic E-state index is 14.1. The third-order valence-electron chi connectivity index (χ3n) is 2.91. The minimum atomic E-state index is -0.640. The molecule has 0 aliphatic carbocycles. The van der Waals surface area contributed by atoms with Crippen molar-refractivity contribution >= 4 is 34.4 Å². The summed E-state index contributed by atoms with van der Waals surface area (Å²) in [6, 6.07) is 7.24. The van der Waals surface area contributed by atoms with Gasteiger partial charge in [-0.1, -0.05) is 29.3 Å². The Labute approximate surface area is 116 Å². The molecule has 2 rings (SSSR count). The first-order valence-electron chi connectivity index (χ1n) is 5.77. The highest BCUT2D eigenvalue weighted by atomic mass is 35.5. The molecule has 0 fully saturated rings. The third kappa shape index (κ3) is 2.58. The number of halogens is 2. The van der Waals surface area contributed by atoms with Crippen LogP contribution in [-0.2, 0) is 0 Å². The van der Waals surface area contributed by atoms with E-state index in [2.05, 4.69) is 5.32 Å². The minimum absolute atomic E-state index is 0.124. The quantitative estimate of drug-likeness (QED) is 0.728. The monoisotopic (exact) mass is 279 g/mol. The van der Waals surface area contributed by atoms with Gasteiger partial charge in [-0.25, -0.2) is 4.39 Å². The molecule has 2 aromatic carbocycles. The number of benzene rings is 2. The van der Waals surface area contributed by atoms with Crippen LogP contribution in [0, 0.1) is 19.7 Å². The summed E-state index contributed by atoms with van der Waals surface area (Å²) in [4.78, 5) is 0. The summed E-state index contributed by atoms with van der Waals surface area (Å²) in [6.07, 6.45) is 0. The van der Waals surface area contributed by atoms with Crippen molar-refractivity contribution in [2.24, 2.45) is 0 Å². The molecule has 2 aromatic rings. The van der Waals surface area contributed by atoms with E-state index in [1.54, 1.807) is 0 Å². The van der Waals surface area contributed by atoms with Gasteiger partial charge < -0.3 is 16.8 Å². The Hall–Kier alpha value is -1.94. The molecule has 0 saturated carbocycles. The Morgan fingerprint density at radius 2 is 1.79 bits per heavy atom. The van der Waals surface area contributed by atoms with Crippen LogP contribution in [-0.4, -0.2) is 0 Å². The highest BCUT2D eigenvalue weighted by Gasteiger charge is 2.15. The van der Waals surface area contributed by atoms with Crippen molar-refractivity contribution in [3.8, 4) is 0 Å². The predicted octanol–water partition coefficient (Wildman–Crippen LogP) is 4.00. The van der Waals surface area contributed by atoms with Gasteiger partial charge in [0.25, 0.3) is 0 Å². The molecule has 3 nitrogen and oxygen atoms in total. The molecular weight excluding hydrogens is 265 g/mol. The average Bonchev–Trinajstić information content (AvgIpc) is 2.34. The van der Waals surface area contributed by atoms with Gasteiger partial charge in [0, 0.05) is 5.69 Å². The van der Waals surface area contributed by atoms with Crippen LogP contribution in [0.3, 0.4) is 0 Å². The van der Waals surface area contributed by atoms with Crippen molar-refractivity contribution in [3.05, 3.63) is 46.2 Å². The summed E-state index contributed by atoms with van der Waals surface area (Å²) in [5.41, 5.74) is 14.7. The van der Waals surface area contributed by atoms with E-state index in [4.69, 9.17) is 23.1 Å². The lowest BCUT2D eigenvalue weighted by atomic mass is 10.1. The van der Waals surface area contributed by atoms with Crippen molar-refractivity contribution < 1.29 is 4.39 Å². The lowest BCUT2D eigenvalue weighted by molar-refractivity contribution is 0.633. The fraction of sp³-hybridized carbons (Fsp3) is 0.143. The fourth-order valence-corrected chi connectivity index (χ4v) is 2.03. The number of rotatable bonds is 2. The molecule has 5 N–H and O–H groups in total. The highest BCUT2D eigenvalue weighted by Crippen LogP contribution is 2.36. The Bertz CT molecular complexity index is 641. The van der Waals surface area contributed by atoms with Crippen molar-refractivity contribution in [2.75, 3.05) is 16.8 Å². The van der Waals surface area contributed by atoms with Crippen LogP contribution in [0.4, 0.5) is 27.1 Å². The van der Waals surface area contributed by atoms with Crippen LogP contribution in [0.15, 0.2) is 24.3 Å². The number of hydrogen-bond acceptors (Lipinski definition) is 3. The molecule has 5 heteroatoms. The lowest BCUT2D eigenvalue weighted by Crippen LogP contribution is -2.03. The number of nitrogen functional groups attached to an aromatic ring is 2. The highest BCUT2D eigenvalue weighted by molar-refractivity contribution is 6.33. The first kappa shape index (κ1) is 13.5. The minimum Gasteiger partial charge on any atom is -0.397 e. The Morgan fingerprint density at radius 1 is 1.11 bits per heavy atom. The van der Waals surface area contributed by atoms with Crippen molar-refractivity contribution in [1.29, 1.82) is 0 Å². The van der Waals surface area contributed by atoms with Gasteiger partial charge in [0.05, 0.1) is 17.1 Å². The second-order valence-corrected chi connectivity index (χ2v) is 4.88. The van der Waals surface area contributed by atoms with Gasteiger partial charge in [-0.15, -0.1) is 0 Å². The van der Waals surface area contributed by atoms with Crippen LogP contribution in [0.5, 0.6) is 0 Å². The molecule has 0 heterocycles. The van der Waals surface area contributed by atoms with Gasteiger partial charge in [0.2, 0.25) is 0 Å². The molecular formula is C14H15ClFN3. The van der Waals surface area contributed by atoms with E-state index in [1.807, 2.05) is 32.0 Å². The molecule has 0 unspecified atom stereocenters. The van der Waals surface area contributed by atoms with E-state index >= 15 is 0 Å². The van der Waals surface area contributed by atoms with Crippen LogP contribution in [0.25, 0.3) is 0 Å². The molecule has 0 spiro atoms. The zero-order valence-corrected chi connectivity index (χ0v) is 11.5. The second-order valence-electron chi connectivity index (χ2n) is 4.50. The number of anilines is 4. The SMILES string of the molecule is Cc1ccc(Nc2c(N)cc(N)c(Cl)c2F)c(C)c1. The van der Waals surface area contributed by atoms with Gasteiger partial charge in [-0.2, -0.15) is 0 Å². The number of nitrogens with one attached hydrogen (secondary N) is 1. The van der Waals surface area contributed by atoms with E-state index in [9.17, 15) is 4.39 Å². The molecule has 0 aromatic heterocycles. The maximum Gasteiger partial charge on any atom is 0.169 e. The first-order valence-corrected chi connectivity index (χ1v) is 6.15. The van der Waals surface area contributed by atoms with Crippen LogP contribution in [0.2, 0.25) is 5.02 Å². The molecule has 0 atom stereocenters. The first-order chi connectivity index (χ1) is 8.90. The standard InChI is InChI=1S/C14H15ClFN3/c1-7-3-4-11(8(2)5-7)19-14-10(18)6-9(17)12(15)13(14)16/h3-6,19H,17-18H2,1-2H3. The van der Waals surface area contributed by atoms with Gasteiger partial charge in [0.1, 0.15) is 5.02 Å². The van der Waals surface area contributed by atoms with Crippen LogP contribution < -0.4 is 16.8 Å². The number of aryl methyl sites for hydroxylation is 2. The normalized spacial score (nSPS) is 10.5. The third-order valence-corrected chi connectivity index (χ3v) is 3.29. The molecule has 0 aliphatic rings. The molecule has 0 amide bonds. The van der Waals surface area contributed by atoms with Gasteiger partial charge >= 0.3 is 0 Å². The zero-order chi connectivity index (χ0) is 14.2. The zero-order valence-electron chi connectivity index (χ0n) is 10.7. The summed E-state index contributed by atoms with van der Waals surface area (Å²) >= 11 is 5.79. The van der Waals surface area contributed by atoms with E-state index in [0.29, 0.717) is 0 Å². The summed E-state index contributed by atoms with van der Waals surface area (Å²) < 4.78 is 14.1.